The summed E-state index contributed by atoms with van der Waals surface area (Å²) in [4.78, 5) is 0. The Labute approximate surface area is 142 Å². The van der Waals surface area contributed by atoms with E-state index in [4.69, 9.17) is 11.5 Å². The summed E-state index contributed by atoms with van der Waals surface area (Å²) in [5.74, 6) is 0. The van der Waals surface area contributed by atoms with Gasteiger partial charge in [0.25, 0.3) is 0 Å². The summed E-state index contributed by atoms with van der Waals surface area (Å²) in [6.45, 7) is 4.12. The zero-order valence-electron chi connectivity index (χ0n) is 13.9. The molecular formula is C20H22N4. The summed E-state index contributed by atoms with van der Waals surface area (Å²) in [6, 6.07) is 20.0. The molecule has 122 valence electrons. The van der Waals surface area contributed by atoms with Crippen LogP contribution in [0.25, 0.3) is 0 Å². The topological polar surface area (TPSA) is 76.1 Å². The minimum Gasteiger partial charge on any atom is -0.397 e. The van der Waals surface area contributed by atoms with Gasteiger partial charge in [-0.05, 0) is 50.2 Å². The first-order valence-electron chi connectivity index (χ1n) is 7.87. The molecule has 0 aromatic heterocycles. The smallest absolute Gasteiger partial charge is 0.0640 e. The highest BCUT2D eigenvalue weighted by molar-refractivity contribution is 5.85. The second-order valence-corrected chi connectivity index (χ2v) is 6.01. The van der Waals surface area contributed by atoms with Crippen LogP contribution in [0.15, 0.2) is 60.7 Å². The normalized spacial score (nSPS) is 10.4. The number of aryl methyl sites for hydroxylation is 2. The maximum atomic E-state index is 6.11. The summed E-state index contributed by atoms with van der Waals surface area (Å²) >= 11 is 0. The summed E-state index contributed by atoms with van der Waals surface area (Å²) in [5.41, 5.74) is 19.5. The van der Waals surface area contributed by atoms with Crippen molar-refractivity contribution in [3.8, 4) is 0 Å². The van der Waals surface area contributed by atoms with E-state index in [0.29, 0.717) is 11.4 Å². The van der Waals surface area contributed by atoms with Gasteiger partial charge in [0.15, 0.2) is 0 Å². The zero-order valence-corrected chi connectivity index (χ0v) is 13.9. The van der Waals surface area contributed by atoms with Gasteiger partial charge in [-0.15, -0.1) is 0 Å². The van der Waals surface area contributed by atoms with E-state index in [0.717, 1.165) is 22.7 Å². The van der Waals surface area contributed by atoms with E-state index in [2.05, 4.69) is 48.7 Å². The van der Waals surface area contributed by atoms with Crippen LogP contribution in [0.5, 0.6) is 0 Å². The van der Waals surface area contributed by atoms with E-state index in [1.54, 1.807) is 6.07 Å². The predicted octanol–water partition coefficient (Wildman–Crippen LogP) is 4.96. The summed E-state index contributed by atoms with van der Waals surface area (Å²) < 4.78 is 0. The lowest BCUT2D eigenvalue weighted by Gasteiger charge is -2.15. The maximum Gasteiger partial charge on any atom is 0.0640 e. The average molecular weight is 318 g/mol. The Balaban J connectivity index is 1.87. The van der Waals surface area contributed by atoms with Gasteiger partial charge < -0.3 is 22.1 Å². The molecule has 6 N–H and O–H groups in total. The van der Waals surface area contributed by atoms with Gasteiger partial charge in [0.05, 0.1) is 22.7 Å². The molecule has 0 aliphatic carbocycles. The largest absolute Gasteiger partial charge is 0.397 e. The first-order chi connectivity index (χ1) is 11.5. The van der Waals surface area contributed by atoms with Crippen LogP contribution >= 0.6 is 0 Å². The van der Waals surface area contributed by atoms with E-state index in [1.165, 1.54) is 11.1 Å². The van der Waals surface area contributed by atoms with Crippen molar-refractivity contribution < 1.29 is 0 Å². The van der Waals surface area contributed by atoms with Crippen molar-refractivity contribution in [2.75, 3.05) is 22.1 Å². The molecule has 3 aromatic rings. The summed E-state index contributed by atoms with van der Waals surface area (Å²) in [5, 5.41) is 6.68. The Bertz CT molecular complexity index is 768. The van der Waals surface area contributed by atoms with Crippen LogP contribution in [0.4, 0.5) is 34.1 Å². The standard InChI is InChI=1S/C20H22N4/c1-13-3-7-15(8-4-13)23-19-12-20(18(22)11-17(19)21)24-16-9-5-14(2)6-10-16/h3-12,23-24H,21-22H2,1-2H3. The van der Waals surface area contributed by atoms with Crippen molar-refractivity contribution in [2.24, 2.45) is 0 Å². The molecule has 0 atom stereocenters. The molecule has 0 heterocycles. The van der Waals surface area contributed by atoms with Crippen molar-refractivity contribution in [3.05, 3.63) is 71.8 Å². The molecule has 4 nitrogen and oxygen atoms in total. The van der Waals surface area contributed by atoms with Gasteiger partial charge >= 0.3 is 0 Å². The average Bonchev–Trinajstić information content (AvgIpc) is 2.56. The lowest BCUT2D eigenvalue weighted by Crippen LogP contribution is -2.02. The molecule has 0 fully saturated rings. The fraction of sp³-hybridized carbons (Fsp3) is 0.100. The molecule has 3 aromatic carbocycles. The van der Waals surface area contributed by atoms with Crippen LogP contribution in [-0.2, 0) is 0 Å². The fourth-order valence-electron chi connectivity index (χ4n) is 2.44. The van der Waals surface area contributed by atoms with E-state index in [1.807, 2.05) is 30.3 Å². The molecule has 0 aliphatic rings. The Hall–Kier alpha value is -3.14. The summed E-state index contributed by atoms with van der Waals surface area (Å²) in [6.07, 6.45) is 0. The number of anilines is 6. The van der Waals surface area contributed by atoms with Crippen molar-refractivity contribution in [3.63, 3.8) is 0 Å². The monoisotopic (exact) mass is 318 g/mol. The lowest BCUT2D eigenvalue weighted by atomic mass is 10.1. The molecule has 4 heteroatoms. The number of rotatable bonds is 4. The van der Waals surface area contributed by atoms with Crippen molar-refractivity contribution in [1.29, 1.82) is 0 Å². The van der Waals surface area contributed by atoms with Crippen molar-refractivity contribution in [2.45, 2.75) is 13.8 Å². The van der Waals surface area contributed by atoms with Gasteiger partial charge in [0, 0.05) is 11.4 Å². The SMILES string of the molecule is Cc1ccc(Nc2cc(Nc3ccc(C)cc3)c(N)cc2N)cc1. The zero-order chi connectivity index (χ0) is 17.1. The Kier molecular flexibility index (Phi) is 4.29. The van der Waals surface area contributed by atoms with Gasteiger partial charge in [0.2, 0.25) is 0 Å². The van der Waals surface area contributed by atoms with Crippen LogP contribution in [-0.4, -0.2) is 0 Å². The quantitative estimate of drug-likeness (QED) is 0.513. The highest BCUT2D eigenvalue weighted by atomic mass is 14.9. The fourth-order valence-corrected chi connectivity index (χ4v) is 2.44. The number of hydrogen-bond donors (Lipinski definition) is 4. The lowest BCUT2D eigenvalue weighted by molar-refractivity contribution is 1.44. The molecule has 3 rings (SSSR count). The predicted molar refractivity (Wildman–Crippen MR) is 104 cm³/mol. The van der Waals surface area contributed by atoms with Gasteiger partial charge in [-0.1, -0.05) is 35.4 Å². The molecule has 0 radical (unpaired) electrons. The second-order valence-electron chi connectivity index (χ2n) is 6.01. The molecule has 0 saturated carbocycles. The Morgan fingerprint density at radius 2 is 0.958 bits per heavy atom. The van der Waals surface area contributed by atoms with Gasteiger partial charge in [-0.2, -0.15) is 0 Å². The number of hydrogen-bond acceptors (Lipinski definition) is 4. The second kappa shape index (κ2) is 6.54. The number of nitrogens with two attached hydrogens (primary N) is 2. The number of nitrogens with one attached hydrogen (secondary N) is 2. The summed E-state index contributed by atoms with van der Waals surface area (Å²) in [7, 11) is 0. The van der Waals surface area contributed by atoms with Gasteiger partial charge in [-0.25, -0.2) is 0 Å². The van der Waals surface area contributed by atoms with E-state index >= 15 is 0 Å². The minimum atomic E-state index is 0.613. The minimum absolute atomic E-state index is 0.613. The molecule has 0 saturated heterocycles. The molecule has 0 amide bonds. The molecular weight excluding hydrogens is 296 g/mol. The Morgan fingerprint density at radius 3 is 1.33 bits per heavy atom. The van der Waals surface area contributed by atoms with Crippen LogP contribution in [0, 0.1) is 13.8 Å². The maximum absolute atomic E-state index is 6.11. The highest BCUT2D eigenvalue weighted by Crippen LogP contribution is 2.33. The molecule has 0 spiro atoms. The molecule has 24 heavy (non-hydrogen) atoms. The van der Waals surface area contributed by atoms with E-state index in [-0.39, 0.29) is 0 Å². The number of benzene rings is 3. The molecule has 0 unspecified atom stereocenters. The van der Waals surface area contributed by atoms with Gasteiger partial charge in [0.1, 0.15) is 0 Å². The van der Waals surface area contributed by atoms with Crippen molar-refractivity contribution in [1.82, 2.24) is 0 Å². The third-order valence-corrected chi connectivity index (χ3v) is 3.88. The highest BCUT2D eigenvalue weighted by Gasteiger charge is 2.07. The first kappa shape index (κ1) is 15.7. The first-order valence-corrected chi connectivity index (χ1v) is 7.87. The van der Waals surface area contributed by atoms with E-state index in [9.17, 15) is 0 Å². The third kappa shape index (κ3) is 3.60. The van der Waals surface area contributed by atoms with Gasteiger partial charge in [-0.3, -0.25) is 0 Å². The van der Waals surface area contributed by atoms with Crippen LogP contribution in [0.3, 0.4) is 0 Å². The van der Waals surface area contributed by atoms with E-state index < -0.39 is 0 Å². The van der Waals surface area contributed by atoms with Crippen molar-refractivity contribution >= 4 is 34.1 Å². The van der Waals surface area contributed by atoms with Crippen LogP contribution in [0.2, 0.25) is 0 Å². The van der Waals surface area contributed by atoms with Crippen LogP contribution in [0.1, 0.15) is 11.1 Å². The van der Waals surface area contributed by atoms with Crippen LogP contribution < -0.4 is 22.1 Å². The third-order valence-electron chi connectivity index (χ3n) is 3.88. The molecule has 0 aliphatic heterocycles. The molecule has 0 bridgehead atoms. The Morgan fingerprint density at radius 1 is 0.583 bits per heavy atom. The number of nitrogen functional groups attached to an aromatic ring is 2.